The molecule has 108 valence electrons. The van der Waals surface area contributed by atoms with E-state index < -0.39 is 0 Å². The first kappa shape index (κ1) is 14.5. The van der Waals surface area contributed by atoms with Crippen LogP contribution in [0.3, 0.4) is 0 Å². The number of carbonyl (C=O) groups is 1. The van der Waals surface area contributed by atoms with Crippen molar-refractivity contribution in [2.45, 2.75) is 38.6 Å². The lowest BCUT2D eigenvalue weighted by atomic mass is 9.92. The number of amides is 1. The van der Waals surface area contributed by atoms with Crippen LogP contribution in [0.25, 0.3) is 10.9 Å². The monoisotopic (exact) mass is 274 g/mol. The minimum Gasteiger partial charge on any atom is -0.349 e. The van der Waals surface area contributed by atoms with Crippen molar-refractivity contribution in [1.29, 1.82) is 0 Å². The Balaban J connectivity index is 2.12. The zero-order chi connectivity index (χ0) is 14.6. The fourth-order valence-corrected chi connectivity index (χ4v) is 2.42. The predicted octanol–water partition coefficient (Wildman–Crippen LogP) is 1.74. The molecule has 1 aromatic heterocycles. The van der Waals surface area contributed by atoms with E-state index in [-0.39, 0.29) is 11.4 Å². The zero-order valence-corrected chi connectivity index (χ0v) is 12.1. The van der Waals surface area contributed by atoms with Crippen molar-refractivity contribution in [2.75, 3.05) is 6.54 Å². The van der Waals surface area contributed by atoms with Crippen LogP contribution in [-0.2, 0) is 11.2 Å². The smallest absolute Gasteiger partial charge is 0.226 e. The van der Waals surface area contributed by atoms with Crippen LogP contribution in [0.1, 0.15) is 32.4 Å². The number of aromatic nitrogens is 2. The van der Waals surface area contributed by atoms with Gasteiger partial charge in [-0.25, -0.2) is 0 Å². The van der Waals surface area contributed by atoms with Crippen LogP contribution >= 0.6 is 0 Å². The molecule has 1 aromatic carbocycles. The Morgan fingerprint density at radius 2 is 2.05 bits per heavy atom. The molecule has 0 saturated carbocycles. The van der Waals surface area contributed by atoms with Gasteiger partial charge in [0.2, 0.25) is 5.91 Å². The van der Waals surface area contributed by atoms with E-state index in [0.717, 1.165) is 29.4 Å². The van der Waals surface area contributed by atoms with Gasteiger partial charge in [0.05, 0.1) is 23.2 Å². The topological polar surface area (TPSA) is 83.8 Å². The molecule has 0 aliphatic carbocycles. The van der Waals surface area contributed by atoms with Gasteiger partial charge in [-0.3, -0.25) is 9.89 Å². The number of hydrogen-bond donors (Lipinski definition) is 3. The zero-order valence-electron chi connectivity index (χ0n) is 12.1. The first-order valence-electron chi connectivity index (χ1n) is 7.07. The van der Waals surface area contributed by atoms with Crippen molar-refractivity contribution in [2.24, 2.45) is 5.73 Å². The van der Waals surface area contributed by atoms with Crippen LogP contribution in [0, 0.1) is 0 Å². The van der Waals surface area contributed by atoms with Crippen LogP contribution in [-0.4, -0.2) is 28.2 Å². The molecule has 2 aromatic rings. The number of aromatic amines is 1. The highest BCUT2D eigenvalue weighted by atomic mass is 16.1. The summed E-state index contributed by atoms with van der Waals surface area (Å²) < 4.78 is 0. The summed E-state index contributed by atoms with van der Waals surface area (Å²) in [6.45, 7) is 4.54. The first-order valence-corrected chi connectivity index (χ1v) is 7.07. The maximum atomic E-state index is 12.2. The van der Waals surface area contributed by atoms with Gasteiger partial charge in [0.1, 0.15) is 0 Å². The number of nitrogens with one attached hydrogen (secondary N) is 2. The van der Waals surface area contributed by atoms with Crippen molar-refractivity contribution in [3.63, 3.8) is 0 Å². The summed E-state index contributed by atoms with van der Waals surface area (Å²) in [5.74, 6) is -0.0199. The third-order valence-corrected chi connectivity index (χ3v) is 4.03. The number of hydrogen-bond acceptors (Lipinski definition) is 3. The van der Waals surface area contributed by atoms with E-state index >= 15 is 0 Å². The second-order valence-electron chi connectivity index (χ2n) is 5.14. The molecule has 0 atom stereocenters. The minimum atomic E-state index is -0.299. The van der Waals surface area contributed by atoms with E-state index in [1.54, 1.807) is 0 Å². The molecule has 0 aliphatic heterocycles. The Hall–Kier alpha value is -1.88. The Kier molecular flexibility index (Phi) is 4.39. The van der Waals surface area contributed by atoms with Gasteiger partial charge in [0.25, 0.3) is 0 Å². The lowest BCUT2D eigenvalue weighted by Gasteiger charge is -2.31. The number of rotatable bonds is 6. The number of carbonyl (C=O) groups excluding carboxylic acids is 1. The molecule has 5 nitrogen and oxygen atoms in total. The molecular weight excluding hydrogens is 252 g/mol. The van der Waals surface area contributed by atoms with Gasteiger partial charge in [0.15, 0.2) is 0 Å². The summed E-state index contributed by atoms with van der Waals surface area (Å²) >= 11 is 0. The molecule has 0 spiro atoms. The summed E-state index contributed by atoms with van der Waals surface area (Å²) in [7, 11) is 0. The lowest BCUT2D eigenvalue weighted by molar-refractivity contribution is -0.122. The average molecular weight is 274 g/mol. The molecule has 0 aliphatic rings. The molecule has 1 heterocycles. The molecule has 5 heteroatoms. The Morgan fingerprint density at radius 3 is 2.70 bits per heavy atom. The van der Waals surface area contributed by atoms with Crippen LogP contribution in [0.2, 0.25) is 0 Å². The average Bonchev–Trinajstić information content (AvgIpc) is 2.88. The SMILES string of the molecule is CCC(CC)(CN)NC(=O)Cc1[nH]nc2ccccc12. The van der Waals surface area contributed by atoms with E-state index in [0.29, 0.717) is 13.0 Å². The first-order chi connectivity index (χ1) is 9.64. The number of benzene rings is 1. The van der Waals surface area contributed by atoms with E-state index in [4.69, 9.17) is 5.73 Å². The number of para-hydroxylation sites is 1. The Labute approximate surface area is 118 Å². The van der Waals surface area contributed by atoms with Crippen LogP contribution < -0.4 is 11.1 Å². The normalized spacial score (nSPS) is 11.8. The van der Waals surface area contributed by atoms with Gasteiger partial charge in [-0.1, -0.05) is 32.0 Å². The Morgan fingerprint density at radius 1 is 1.35 bits per heavy atom. The molecule has 20 heavy (non-hydrogen) atoms. The summed E-state index contributed by atoms with van der Waals surface area (Å²) in [5, 5.41) is 11.2. The standard InChI is InChI=1S/C15H22N4O/c1-3-15(4-2,10-16)17-14(20)9-13-11-7-5-6-8-12(11)18-19-13/h5-8H,3-4,9-10,16H2,1-2H3,(H,17,20)(H,18,19). The highest BCUT2D eigenvalue weighted by Gasteiger charge is 2.26. The second-order valence-corrected chi connectivity index (χ2v) is 5.14. The van der Waals surface area contributed by atoms with Crippen molar-refractivity contribution in [1.82, 2.24) is 15.5 Å². The van der Waals surface area contributed by atoms with Crippen molar-refractivity contribution in [3.05, 3.63) is 30.0 Å². The molecule has 4 N–H and O–H groups in total. The fraction of sp³-hybridized carbons (Fsp3) is 0.467. The summed E-state index contributed by atoms with van der Waals surface area (Å²) in [5.41, 5.74) is 7.23. The summed E-state index contributed by atoms with van der Waals surface area (Å²) in [6.07, 6.45) is 1.95. The molecule has 1 amide bonds. The van der Waals surface area contributed by atoms with Crippen molar-refractivity contribution in [3.8, 4) is 0 Å². The van der Waals surface area contributed by atoms with E-state index in [2.05, 4.69) is 15.5 Å². The van der Waals surface area contributed by atoms with Gasteiger partial charge >= 0.3 is 0 Å². The van der Waals surface area contributed by atoms with Crippen LogP contribution in [0.5, 0.6) is 0 Å². The van der Waals surface area contributed by atoms with Gasteiger partial charge in [-0.2, -0.15) is 5.10 Å². The minimum absolute atomic E-state index is 0.0199. The largest absolute Gasteiger partial charge is 0.349 e. The molecule has 0 radical (unpaired) electrons. The maximum Gasteiger partial charge on any atom is 0.226 e. The fourth-order valence-electron chi connectivity index (χ4n) is 2.42. The van der Waals surface area contributed by atoms with Gasteiger partial charge in [-0.15, -0.1) is 0 Å². The lowest BCUT2D eigenvalue weighted by Crippen LogP contribution is -2.53. The third-order valence-electron chi connectivity index (χ3n) is 4.03. The Bertz CT molecular complexity index is 578. The molecule has 0 bridgehead atoms. The second kappa shape index (κ2) is 6.05. The van der Waals surface area contributed by atoms with Gasteiger partial charge in [0, 0.05) is 11.9 Å². The highest BCUT2D eigenvalue weighted by Crippen LogP contribution is 2.17. The van der Waals surface area contributed by atoms with Crippen molar-refractivity contribution < 1.29 is 4.79 Å². The van der Waals surface area contributed by atoms with E-state index in [1.807, 2.05) is 38.1 Å². The molecular formula is C15H22N4O. The number of H-pyrrole nitrogens is 1. The third kappa shape index (κ3) is 2.82. The van der Waals surface area contributed by atoms with Gasteiger partial charge < -0.3 is 11.1 Å². The molecule has 2 rings (SSSR count). The number of nitrogens with two attached hydrogens (primary N) is 1. The van der Waals surface area contributed by atoms with Crippen molar-refractivity contribution >= 4 is 16.8 Å². The van der Waals surface area contributed by atoms with Crippen LogP contribution in [0.4, 0.5) is 0 Å². The summed E-state index contributed by atoms with van der Waals surface area (Å²) in [6, 6.07) is 7.77. The maximum absolute atomic E-state index is 12.2. The van der Waals surface area contributed by atoms with Crippen LogP contribution in [0.15, 0.2) is 24.3 Å². The molecule has 0 saturated heterocycles. The quantitative estimate of drug-likeness (QED) is 0.750. The predicted molar refractivity (Wildman–Crippen MR) is 80.3 cm³/mol. The highest BCUT2D eigenvalue weighted by molar-refractivity contribution is 5.87. The van der Waals surface area contributed by atoms with Gasteiger partial charge in [-0.05, 0) is 18.9 Å². The number of nitrogens with zero attached hydrogens (tertiary/aromatic N) is 1. The van der Waals surface area contributed by atoms with E-state index in [9.17, 15) is 4.79 Å². The summed E-state index contributed by atoms with van der Waals surface area (Å²) in [4.78, 5) is 12.2. The van der Waals surface area contributed by atoms with E-state index in [1.165, 1.54) is 0 Å². The molecule has 0 unspecified atom stereocenters. The molecule has 0 fully saturated rings. The number of fused-ring (bicyclic) bond motifs is 1.